The van der Waals surface area contributed by atoms with Crippen molar-refractivity contribution in [3.8, 4) is 5.75 Å². The van der Waals surface area contributed by atoms with E-state index in [0.29, 0.717) is 32.6 Å². The number of rotatable bonds is 2. The van der Waals surface area contributed by atoms with Gasteiger partial charge in [-0.05, 0) is 44.4 Å². The molecule has 2 aliphatic rings. The molecule has 6 nitrogen and oxygen atoms in total. The molecule has 3 rings (SSSR count). The fourth-order valence-corrected chi connectivity index (χ4v) is 3.41. The molecule has 1 aromatic carbocycles. The summed E-state index contributed by atoms with van der Waals surface area (Å²) in [5, 5.41) is 3.00. The van der Waals surface area contributed by atoms with Crippen LogP contribution >= 0.6 is 0 Å². The minimum Gasteiger partial charge on any atom is -0.493 e. The average Bonchev–Trinajstić information content (AvgIpc) is 2.87. The topological polar surface area (TPSA) is 61.9 Å². The molecule has 0 aliphatic carbocycles. The van der Waals surface area contributed by atoms with Gasteiger partial charge in [-0.15, -0.1) is 0 Å². The van der Waals surface area contributed by atoms with E-state index in [1.165, 1.54) is 5.56 Å². The maximum absolute atomic E-state index is 12.7. The summed E-state index contributed by atoms with van der Waals surface area (Å²) >= 11 is 0. The number of benzene rings is 1. The highest BCUT2D eigenvalue weighted by Crippen LogP contribution is 2.26. The molecule has 0 unspecified atom stereocenters. The highest BCUT2D eigenvalue weighted by Gasteiger charge is 2.24. The van der Waals surface area contributed by atoms with Crippen LogP contribution in [0.3, 0.4) is 0 Å². The smallest absolute Gasteiger partial charge is 0.317 e. The number of fused-ring (bicyclic) bond motifs is 1. The van der Waals surface area contributed by atoms with Crippen LogP contribution in [0.15, 0.2) is 18.2 Å². The average molecular weight is 359 g/mol. The molecule has 0 spiro atoms. The third kappa shape index (κ3) is 4.68. The van der Waals surface area contributed by atoms with Gasteiger partial charge in [0.25, 0.3) is 0 Å². The molecule has 0 atom stereocenters. The Morgan fingerprint density at radius 2 is 1.85 bits per heavy atom. The van der Waals surface area contributed by atoms with Crippen LogP contribution in [0, 0.1) is 0 Å². The van der Waals surface area contributed by atoms with Crippen molar-refractivity contribution in [1.82, 2.24) is 15.1 Å². The Balaban J connectivity index is 1.55. The summed E-state index contributed by atoms with van der Waals surface area (Å²) in [5.41, 5.74) is 1.97. The number of amides is 3. The Morgan fingerprint density at radius 1 is 1.12 bits per heavy atom. The molecule has 1 fully saturated rings. The number of ether oxygens (including phenoxy) is 1. The first kappa shape index (κ1) is 18.5. The number of nitrogens with one attached hydrogen (secondary N) is 1. The second kappa shape index (κ2) is 7.56. The minimum absolute atomic E-state index is 0.0505. The fourth-order valence-electron chi connectivity index (χ4n) is 3.41. The number of hydrogen-bond donors (Lipinski definition) is 1. The predicted molar refractivity (Wildman–Crippen MR) is 100 cm³/mol. The van der Waals surface area contributed by atoms with Crippen molar-refractivity contribution in [3.05, 3.63) is 29.3 Å². The lowest BCUT2D eigenvalue weighted by Crippen LogP contribution is -2.49. The lowest BCUT2D eigenvalue weighted by atomic mass is 10.1. The number of carbonyl (C=O) groups excluding carboxylic acids is 2. The number of carbonyl (C=O) groups is 2. The SMILES string of the molecule is CC(C)(C)NC(=O)N1CCCN(C(=O)Cc2ccc3c(c2)CCO3)CC1. The van der Waals surface area contributed by atoms with E-state index in [9.17, 15) is 9.59 Å². The monoisotopic (exact) mass is 359 g/mol. The summed E-state index contributed by atoms with van der Waals surface area (Å²) in [6.45, 7) is 9.19. The van der Waals surface area contributed by atoms with Gasteiger partial charge in [0, 0.05) is 38.1 Å². The van der Waals surface area contributed by atoms with E-state index in [0.717, 1.165) is 30.8 Å². The number of urea groups is 1. The first-order valence-corrected chi connectivity index (χ1v) is 9.41. The van der Waals surface area contributed by atoms with Gasteiger partial charge in [-0.25, -0.2) is 4.79 Å². The van der Waals surface area contributed by atoms with Crippen molar-refractivity contribution in [2.75, 3.05) is 32.8 Å². The molecule has 6 heteroatoms. The Bertz CT molecular complexity index is 681. The van der Waals surface area contributed by atoms with E-state index in [2.05, 4.69) is 11.4 Å². The molecular formula is C20H29N3O3. The Labute approximate surface area is 155 Å². The van der Waals surface area contributed by atoms with Crippen molar-refractivity contribution in [1.29, 1.82) is 0 Å². The summed E-state index contributed by atoms with van der Waals surface area (Å²) < 4.78 is 5.52. The number of nitrogens with zero attached hydrogens (tertiary/aromatic N) is 2. The van der Waals surface area contributed by atoms with E-state index in [-0.39, 0.29) is 17.5 Å². The van der Waals surface area contributed by atoms with Gasteiger partial charge in [0.15, 0.2) is 0 Å². The Kier molecular flexibility index (Phi) is 5.39. The van der Waals surface area contributed by atoms with Gasteiger partial charge in [-0.1, -0.05) is 12.1 Å². The van der Waals surface area contributed by atoms with E-state index >= 15 is 0 Å². The first-order chi connectivity index (χ1) is 12.3. The highest BCUT2D eigenvalue weighted by molar-refractivity contribution is 5.79. The van der Waals surface area contributed by atoms with E-state index < -0.39 is 0 Å². The third-order valence-corrected chi connectivity index (χ3v) is 4.73. The summed E-state index contributed by atoms with van der Waals surface area (Å²) in [6, 6.07) is 5.97. The van der Waals surface area contributed by atoms with Crippen LogP contribution in [-0.2, 0) is 17.6 Å². The molecule has 142 valence electrons. The zero-order valence-corrected chi connectivity index (χ0v) is 16.0. The van der Waals surface area contributed by atoms with Gasteiger partial charge in [0.2, 0.25) is 5.91 Å². The van der Waals surface area contributed by atoms with Crippen LogP contribution in [0.2, 0.25) is 0 Å². The zero-order chi connectivity index (χ0) is 18.7. The van der Waals surface area contributed by atoms with E-state index in [4.69, 9.17) is 4.74 Å². The first-order valence-electron chi connectivity index (χ1n) is 9.41. The Morgan fingerprint density at radius 3 is 2.62 bits per heavy atom. The summed E-state index contributed by atoms with van der Waals surface area (Å²) in [6.07, 6.45) is 2.13. The molecule has 3 amide bonds. The molecule has 1 aromatic rings. The molecule has 0 bridgehead atoms. The van der Waals surface area contributed by atoms with Crippen LogP contribution < -0.4 is 10.1 Å². The van der Waals surface area contributed by atoms with Crippen LogP contribution in [0.5, 0.6) is 5.75 Å². The van der Waals surface area contributed by atoms with Crippen LogP contribution in [0.25, 0.3) is 0 Å². The highest BCUT2D eigenvalue weighted by atomic mass is 16.5. The van der Waals surface area contributed by atoms with E-state index in [1.807, 2.05) is 42.7 Å². The molecule has 2 heterocycles. The molecule has 1 N–H and O–H groups in total. The molecule has 0 saturated carbocycles. The Hall–Kier alpha value is -2.24. The summed E-state index contributed by atoms with van der Waals surface area (Å²) in [5.74, 6) is 1.07. The standard InChI is InChI=1S/C20H29N3O3/c1-20(2,3)21-19(25)23-9-4-8-22(10-11-23)18(24)14-15-5-6-17-16(13-15)7-12-26-17/h5-6,13H,4,7-12,14H2,1-3H3,(H,21,25). The van der Waals surface area contributed by atoms with Gasteiger partial charge in [0.1, 0.15) is 5.75 Å². The molecule has 26 heavy (non-hydrogen) atoms. The largest absolute Gasteiger partial charge is 0.493 e. The van der Waals surface area contributed by atoms with Gasteiger partial charge in [-0.3, -0.25) is 4.79 Å². The van der Waals surface area contributed by atoms with Gasteiger partial charge >= 0.3 is 6.03 Å². The van der Waals surface area contributed by atoms with Gasteiger partial charge < -0.3 is 19.9 Å². The van der Waals surface area contributed by atoms with Crippen LogP contribution in [-0.4, -0.2) is 60.1 Å². The third-order valence-electron chi connectivity index (χ3n) is 4.73. The maximum atomic E-state index is 12.7. The second-order valence-corrected chi connectivity index (χ2v) is 8.12. The summed E-state index contributed by atoms with van der Waals surface area (Å²) in [4.78, 5) is 28.7. The lowest BCUT2D eigenvalue weighted by Gasteiger charge is -2.27. The second-order valence-electron chi connectivity index (χ2n) is 8.12. The van der Waals surface area contributed by atoms with Crippen molar-refractivity contribution >= 4 is 11.9 Å². The molecule has 2 aliphatic heterocycles. The lowest BCUT2D eigenvalue weighted by molar-refractivity contribution is -0.130. The predicted octanol–water partition coefficient (Wildman–Crippen LogP) is 2.21. The van der Waals surface area contributed by atoms with Crippen molar-refractivity contribution in [2.24, 2.45) is 0 Å². The zero-order valence-electron chi connectivity index (χ0n) is 16.0. The summed E-state index contributed by atoms with van der Waals surface area (Å²) in [7, 11) is 0. The number of hydrogen-bond acceptors (Lipinski definition) is 3. The van der Waals surface area contributed by atoms with Gasteiger partial charge in [0.05, 0.1) is 13.0 Å². The molecule has 0 radical (unpaired) electrons. The normalized spacial score (nSPS) is 17.3. The van der Waals surface area contributed by atoms with Crippen molar-refractivity contribution in [3.63, 3.8) is 0 Å². The van der Waals surface area contributed by atoms with Crippen molar-refractivity contribution in [2.45, 2.75) is 45.6 Å². The van der Waals surface area contributed by atoms with Crippen LogP contribution in [0.4, 0.5) is 4.79 Å². The minimum atomic E-state index is -0.254. The van der Waals surface area contributed by atoms with Crippen molar-refractivity contribution < 1.29 is 14.3 Å². The quantitative estimate of drug-likeness (QED) is 0.881. The molecule has 0 aromatic heterocycles. The molecule has 1 saturated heterocycles. The maximum Gasteiger partial charge on any atom is 0.317 e. The molecular weight excluding hydrogens is 330 g/mol. The fraction of sp³-hybridized carbons (Fsp3) is 0.600. The van der Waals surface area contributed by atoms with E-state index in [1.54, 1.807) is 0 Å². The van der Waals surface area contributed by atoms with Crippen LogP contribution in [0.1, 0.15) is 38.3 Å². The van der Waals surface area contributed by atoms with Gasteiger partial charge in [-0.2, -0.15) is 0 Å².